The average molecular weight is 261 g/mol. The summed E-state index contributed by atoms with van der Waals surface area (Å²) >= 11 is 0. The third-order valence-corrected chi connectivity index (χ3v) is 4.09. The third-order valence-electron chi connectivity index (χ3n) is 2.43. The van der Waals surface area contributed by atoms with Crippen LogP contribution in [0.2, 0.25) is 0 Å². The van der Waals surface area contributed by atoms with Crippen molar-refractivity contribution in [1.82, 2.24) is 19.2 Å². The van der Waals surface area contributed by atoms with Gasteiger partial charge in [-0.1, -0.05) is 0 Å². The van der Waals surface area contributed by atoms with Crippen LogP contribution in [0.1, 0.15) is 24.9 Å². The zero-order valence-corrected chi connectivity index (χ0v) is 10.9. The quantitative estimate of drug-likeness (QED) is 0.620. The predicted octanol–water partition coefficient (Wildman–Crippen LogP) is -0.414. The van der Waals surface area contributed by atoms with Crippen LogP contribution < -0.4 is 10.5 Å². The molecular formula is C9H19N5O2S. The molecule has 0 aliphatic carbocycles. The number of nitrogens with zero attached hydrogens (tertiary/aromatic N) is 2. The molecule has 1 aromatic heterocycles. The fourth-order valence-corrected chi connectivity index (χ4v) is 2.45. The maximum absolute atomic E-state index is 11.9. The van der Waals surface area contributed by atoms with Gasteiger partial charge in [0.15, 0.2) is 0 Å². The van der Waals surface area contributed by atoms with Crippen LogP contribution in [0.4, 0.5) is 0 Å². The van der Waals surface area contributed by atoms with E-state index in [1.54, 1.807) is 19.3 Å². The molecule has 4 N–H and O–H groups in total. The molecule has 0 bridgehead atoms. The molecule has 0 amide bonds. The summed E-state index contributed by atoms with van der Waals surface area (Å²) in [5, 5.41) is 6.42. The topological polar surface area (TPSA) is 104 Å². The lowest BCUT2D eigenvalue weighted by Crippen LogP contribution is -2.40. The number of rotatable bonds is 7. The number of hydrogen-bond acceptors (Lipinski definition) is 4. The van der Waals surface area contributed by atoms with Crippen LogP contribution in [-0.4, -0.2) is 43.1 Å². The number of aromatic amines is 1. The van der Waals surface area contributed by atoms with Gasteiger partial charge in [0, 0.05) is 31.4 Å². The lowest BCUT2D eigenvalue weighted by atomic mass is 10.2. The molecule has 0 aromatic carbocycles. The van der Waals surface area contributed by atoms with Gasteiger partial charge in [-0.2, -0.15) is 22.5 Å². The highest BCUT2D eigenvalue weighted by atomic mass is 32.2. The van der Waals surface area contributed by atoms with Gasteiger partial charge in [-0.25, -0.2) is 0 Å². The maximum atomic E-state index is 11.9. The van der Waals surface area contributed by atoms with E-state index in [-0.39, 0.29) is 6.04 Å². The molecule has 0 saturated heterocycles. The lowest BCUT2D eigenvalue weighted by molar-refractivity contribution is 0.446. The monoisotopic (exact) mass is 261 g/mol. The predicted molar refractivity (Wildman–Crippen MR) is 65.4 cm³/mol. The van der Waals surface area contributed by atoms with Crippen LogP contribution in [0.5, 0.6) is 0 Å². The number of hydrogen-bond donors (Lipinski definition) is 3. The normalized spacial score (nSPS) is 14.1. The number of H-pyrrole nitrogens is 1. The Kier molecular flexibility index (Phi) is 5.06. The molecule has 1 aromatic rings. The minimum Gasteiger partial charge on any atom is -0.330 e. The van der Waals surface area contributed by atoms with Gasteiger partial charge in [0.25, 0.3) is 10.2 Å². The SMILES string of the molecule is CC(NS(=O)(=O)N(C)CCCN)c1cn[nH]c1. The summed E-state index contributed by atoms with van der Waals surface area (Å²) in [5.74, 6) is 0. The van der Waals surface area contributed by atoms with Gasteiger partial charge in [-0.15, -0.1) is 0 Å². The minimum atomic E-state index is -3.47. The molecule has 0 spiro atoms. The Labute approximate surface area is 102 Å². The molecule has 0 aliphatic heterocycles. The largest absolute Gasteiger partial charge is 0.330 e. The number of aromatic nitrogens is 2. The van der Waals surface area contributed by atoms with E-state index >= 15 is 0 Å². The second kappa shape index (κ2) is 6.10. The van der Waals surface area contributed by atoms with Crippen molar-refractivity contribution in [3.8, 4) is 0 Å². The van der Waals surface area contributed by atoms with Crippen molar-refractivity contribution >= 4 is 10.2 Å². The van der Waals surface area contributed by atoms with Crippen LogP contribution in [-0.2, 0) is 10.2 Å². The van der Waals surface area contributed by atoms with Gasteiger partial charge >= 0.3 is 0 Å². The van der Waals surface area contributed by atoms with E-state index < -0.39 is 10.2 Å². The summed E-state index contributed by atoms with van der Waals surface area (Å²) in [4.78, 5) is 0. The molecule has 1 atom stereocenters. The molecule has 0 radical (unpaired) electrons. The van der Waals surface area contributed by atoms with Gasteiger partial charge in [0.05, 0.1) is 6.20 Å². The van der Waals surface area contributed by atoms with E-state index in [2.05, 4.69) is 14.9 Å². The van der Waals surface area contributed by atoms with Crippen LogP contribution in [0.3, 0.4) is 0 Å². The highest BCUT2D eigenvalue weighted by Gasteiger charge is 2.20. The average Bonchev–Trinajstić information content (AvgIpc) is 2.78. The van der Waals surface area contributed by atoms with E-state index in [0.717, 1.165) is 5.56 Å². The molecule has 7 nitrogen and oxygen atoms in total. The Bertz CT molecular complexity index is 417. The van der Waals surface area contributed by atoms with Crippen molar-refractivity contribution in [3.05, 3.63) is 18.0 Å². The highest BCUT2D eigenvalue weighted by Crippen LogP contribution is 2.11. The van der Waals surface area contributed by atoms with Crippen molar-refractivity contribution in [2.45, 2.75) is 19.4 Å². The molecule has 0 aliphatic rings. The Morgan fingerprint density at radius 1 is 1.65 bits per heavy atom. The van der Waals surface area contributed by atoms with E-state index in [1.807, 2.05) is 0 Å². The van der Waals surface area contributed by atoms with Crippen LogP contribution >= 0.6 is 0 Å². The van der Waals surface area contributed by atoms with E-state index in [4.69, 9.17) is 5.73 Å². The molecule has 17 heavy (non-hydrogen) atoms. The summed E-state index contributed by atoms with van der Waals surface area (Å²) in [6.07, 6.45) is 3.89. The highest BCUT2D eigenvalue weighted by molar-refractivity contribution is 7.87. The van der Waals surface area contributed by atoms with Gasteiger partial charge in [-0.05, 0) is 19.9 Å². The summed E-state index contributed by atoms with van der Waals surface area (Å²) in [6, 6.07) is -0.320. The van der Waals surface area contributed by atoms with Gasteiger partial charge in [-0.3, -0.25) is 5.10 Å². The van der Waals surface area contributed by atoms with Crippen molar-refractivity contribution in [2.75, 3.05) is 20.1 Å². The van der Waals surface area contributed by atoms with E-state index in [0.29, 0.717) is 19.5 Å². The Morgan fingerprint density at radius 3 is 2.88 bits per heavy atom. The number of nitrogens with two attached hydrogens (primary N) is 1. The first-order valence-electron chi connectivity index (χ1n) is 5.39. The van der Waals surface area contributed by atoms with Gasteiger partial charge in [0.2, 0.25) is 0 Å². The van der Waals surface area contributed by atoms with E-state index in [9.17, 15) is 8.42 Å². The molecule has 0 saturated carbocycles. The van der Waals surface area contributed by atoms with Crippen molar-refractivity contribution < 1.29 is 8.42 Å². The Hall–Kier alpha value is -0.960. The van der Waals surface area contributed by atoms with Crippen molar-refractivity contribution in [2.24, 2.45) is 5.73 Å². The third kappa shape index (κ3) is 4.08. The molecule has 1 unspecified atom stereocenters. The molecule has 8 heteroatoms. The second-order valence-corrected chi connectivity index (χ2v) is 5.65. The minimum absolute atomic E-state index is 0.320. The summed E-state index contributed by atoms with van der Waals surface area (Å²) in [6.45, 7) is 2.64. The lowest BCUT2D eigenvalue weighted by Gasteiger charge is -2.20. The molecule has 1 rings (SSSR count). The molecule has 0 fully saturated rings. The fraction of sp³-hybridized carbons (Fsp3) is 0.667. The van der Waals surface area contributed by atoms with Crippen molar-refractivity contribution in [3.63, 3.8) is 0 Å². The van der Waals surface area contributed by atoms with Gasteiger partial charge in [0.1, 0.15) is 0 Å². The zero-order valence-electron chi connectivity index (χ0n) is 10.0. The van der Waals surface area contributed by atoms with Crippen LogP contribution in [0, 0.1) is 0 Å². The number of nitrogens with one attached hydrogen (secondary N) is 2. The first-order valence-corrected chi connectivity index (χ1v) is 6.83. The van der Waals surface area contributed by atoms with Crippen LogP contribution in [0.25, 0.3) is 0 Å². The first-order chi connectivity index (χ1) is 7.97. The summed E-state index contributed by atoms with van der Waals surface area (Å²) < 4.78 is 27.6. The van der Waals surface area contributed by atoms with Gasteiger partial charge < -0.3 is 5.73 Å². The van der Waals surface area contributed by atoms with Crippen LogP contribution in [0.15, 0.2) is 12.4 Å². The Balaban J connectivity index is 2.60. The maximum Gasteiger partial charge on any atom is 0.279 e. The fourth-order valence-electron chi connectivity index (χ4n) is 1.31. The molecule has 98 valence electrons. The molecule has 1 heterocycles. The first kappa shape index (κ1) is 14.1. The summed E-state index contributed by atoms with van der Waals surface area (Å²) in [7, 11) is -1.94. The van der Waals surface area contributed by atoms with Crippen molar-refractivity contribution in [1.29, 1.82) is 0 Å². The second-order valence-electron chi connectivity index (χ2n) is 3.84. The Morgan fingerprint density at radius 2 is 2.35 bits per heavy atom. The standard InChI is InChI=1S/C9H19N5O2S/c1-8(9-6-11-12-7-9)13-17(15,16)14(2)5-3-4-10/h6-8,13H,3-5,10H2,1-2H3,(H,11,12). The van der Waals surface area contributed by atoms with E-state index in [1.165, 1.54) is 11.4 Å². The zero-order chi connectivity index (χ0) is 12.9. The molecular weight excluding hydrogens is 242 g/mol. The summed E-state index contributed by atoms with van der Waals surface area (Å²) in [5.41, 5.74) is 6.14. The smallest absolute Gasteiger partial charge is 0.279 e.